The number of hydrogen-bond donors (Lipinski definition) is 2. The molecule has 5 nitrogen and oxygen atoms in total. The van der Waals surface area contributed by atoms with Gasteiger partial charge in [-0.3, -0.25) is 4.79 Å². The highest BCUT2D eigenvalue weighted by molar-refractivity contribution is 5.85. The van der Waals surface area contributed by atoms with Crippen molar-refractivity contribution in [1.29, 1.82) is 0 Å². The van der Waals surface area contributed by atoms with Gasteiger partial charge in [0.05, 0.1) is 0 Å². The van der Waals surface area contributed by atoms with Gasteiger partial charge in [-0.1, -0.05) is 44.2 Å². The van der Waals surface area contributed by atoms with Gasteiger partial charge in [-0.15, -0.1) is 0 Å². The molecule has 0 saturated heterocycles. The highest BCUT2D eigenvalue weighted by atomic mass is 16.5. The summed E-state index contributed by atoms with van der Waals surface area (Å²) in [6.45, 7) is 4.23. The fourth-order valence-corrected chi connectivity index (χ4v) is 2.27. The first-order valence-electron chi connectivity index (χ1n) is 7.51. The number of nitrogens with one attached hydrogen (secondary N) is 1. The molecular weight excluding hydrogens is 282 g/mol. The molecule has 2 N–H and O–H groups in total. The Balaban J connectivity index is 2.73. The molecule has 0 saturated carbocycles. The van der Waals surface area contributed by atoms with E-state index in [9.17, 15) is 14.7 Å². The molecule has 1 rings (SSSR count). The molecule has 0 fully saturated rings. The third-order valence-electron chi connectivity index (χ3n) is 3.67. The Bertz CT molecular complexity index is 473. The maximum atomic E-state index is 12.5. The van der Waals surface area contributed by atoms with Crippen LogP contribution in [0.1, 0.15) is 25.8 Å². The Kier molecular flexibility index (Phi) is 7.60. The predicted molar refractivity (Wildman–Crippen MR) is 84.5 cm³/mol. The van der Waals surface area contributed by atoms with Crippen LogP contribution in [-0.2, 0) is 20.7 Å². The lowest BCUT2D eigenvalue weighted by atomic mass is 9.88. The number of amides is 1. The molecule has 0 aliphatic rings. The summed E-state index contributed by atoms with van der Waals surface area (Å²) in [7, 11) is 1.51. The summed E-state index contributed by atoms with van der Waals surface area (Å²) in [4.78, 5) is 23.7. The van der Waals surface area contributed by atoms with Crippen LogP contribution in [0.15, 0.2) is 30.3 Å². The van der Waals surface area contributed by atoms with Gasteiger partial charge in [0.2, 0.25) is 5.91 Å². The monoisotopic (exact) mass is 307 g/mol. The van der Waals surface area contributed by atoms with E-state index >= 15 is 0 Å². The number of hydrogen-bond acceptors (Lipinski definition) is 3. The van der Waals surface area contributed by atoms with Crippen LogP contribution < -0.4 is 5.32 Å². The number of methoxy groups -OCH3 is 1. The number of benzene rings is 1. The first kappa shape index (κ1) is 18.2. The van der Waals surface area contributed by atoms with Gasteiger partial charge in [0.1, 0.15) is 6.04 Å². The maximum absolute atomic E-state index is 12.5. The lowest BCUT2D eigenvalue weighted by Crippen LogP contribution is -2.45. The van der Waals surface area contributed by atoms with Crippen LogP contribution in [0, 0.1) is 11.8 Å². The van der Waals surface area contributed by atoms with E-state index in [2.05, 4.69) is 5.32 Å². The van der Waals surface area contributed by atoms with E-state index < -0.39 is 12.0 Å². The number of aliphatic carboxylic acids is 1. The minimum absolute atomic E-state index is 0.122. The van der Waals surface area contributed by atoms with Crippen LogP contribution in [0.2, 0.25) is 0 Å². The molecule has 122 valence electrons. The average molecular weight is 307 g/mol. The fourth-order valence-electron chi connectivity index (χ4n) is 2.27. The normalized spacial score (nSPS) is 13.6. The van der Waals surface area contributed by atoms with Crippen molar-refractivity contribution in [1.82, 2.24) is 5.32 Å². The summed E-state index contributed by atoms with van der Waals surface area (Å²) in [6, 6.07) is 8.83. The Hall–Kier alpha value is -1.88. The topological polar surface area (TPSA) is 75.6 Å². The lowest BCUT2D eigenvalue weighted by Gasteiger charge is -2.23. The average Bonchev–Trinajstić information content (AvgIpc) is 2.49. The molecule has 1 aromatic rings. The van der Waals surface area contributed by atoms with Crippen LogP contribution >= 0.6 is 0 Å². The third kappa shape index (κ3) is 5.85. The third-order valence-corrected chi connectivity index (χ3v) is 3.67. The van der Waals surface area contributed by atoms with Gasteiger partial charge in [-0.2, -0.15) is 0 Å². The first-order chi connectivity index (χ1) is 10.5. The minimum atomic E-state index is -1.03. The predicted octanol–water partition coefficient (Wildman–Crippen LogP) is 2.11. The summed E-state index contributed by atoms with van der Waals surface area (Å²) in [5.41, 5.74) is 1.07. The van der Waals surface area contributed by atoms with Gasteiger partial charge in [-0.25, -0.2) is 4.79 Å². The second-order valence-corrected chi connectivity index (χ2v) is 5.72. The van der Waals surface area contributed by atoms with Gasteiger partial charge in [0.25, 0.3) is 0 Å². The van der Waals surface area contributed by atoms with E-state index in [0.29, 0.717) is 13.0 Å². The van der Waals surface area contributed by atoms with Gasteiger partial charge in [0.15, 0.2) is 0 Å². The number of carboxylic acids is 1. The van der Waals surface area contributed by atoms with Gasteiger partial charge in [-0.05, 0) is 17.9 Å². The quantitative estimate of drug-likeness (QED) is 0.732. The minimum Gasteiger partial charge on any atom is -0.480 e. The molecule has 0 spiro atoms. The smallest absolute Gasteiger partial charge is 0.326 e. The molecule has 2 unspecified atom stereocenters. The highest BCUT2D eigenvalue weighted by Crippen LogP contribution is 2.18. The number of carboxylic acid groups (broad SMARTS) is 1. The Labute approximate surface area is 131 Å². The fraction of sp³-hybridized carbons (Fsp3) is 0.529. The molecule has 0 heterocycles. The van der Waals surface area contributed by atoms with Crippen molar-refractivity contribution < 1.29 is 19.4 Å². The molecule has 22 heavy (non-hydrogen) atoms. The molecular formula is C17H25NO4. The molecule has 0 bridgehead atoms. The molecule has 0 aliphatic heterocycles. The van der Waals surface area contributed by atoms with E-state index in [0.717, 1.165) is 5.56 Å². The molecule has 0 radical (unpaired) electrons. The number of carbonyl (C=O) groups is 2. The van der Waals surface area contributed by atoms with Crippen LogP contribution in [0.4, 0.5) is 0 Å². The molecule has 1 aromatic carbocycles. The molecule has 5 heteroatoms. The highest BCUT2D eigenvalue weighted by Gasteiger charge is 2.27. The Morgan fingerprint density at radius 2 is 1.86 bits per heavy atom. The molecule has 0 aliphatic carbocycles. The molecule has 0 aromatic heterocycles. The summed E-state index contributed by atoms with van der Waals surface area (Å²) >= 11 is 0. The van der Waals surface area contributed by atoms with Crippen molar-refractivity contribution in [3.05, 3.63) is 35.9 Å². The van der Waals surface area contributed by atoms with Crippen LogP contribution in [-0.4, -0.2) is 36.7 Å². The first-order valence-corrected chi connectivity index (χ1v) is 7.51. The van der Waals surface area contributed by atoms with E-state index in [-0.39, 0.29) is 24.2 Å². The standard InChI is InChI=1S/C17H25NO4/c1-12(2)14(11-13-7-5-4-6-8-13)16(19)18-15(17(20)21)9-10-22-3/h4-8,12,14-15H,9-11H2,1-3H3,(H,18,19)(H,20,21). The largest absolute Gasteiger partial charge is 0.480 e. The van der Waals surface area contributed by atoms with Crippen molar-refractivity contribution in [2.45, 2.75) is 32.7 Å². The Morgan fingerprint density at radius 3 is 2.36 bits per heavy atom. The summed E-state index contributed by atoms with van der Waals surface area (Å²) < 4.78 is 4.89. The van der Waals surface area contributed by atoms with E-state index in [4.69, 9.17) is 4.74 Å². The summed E-state index contributed by atoms with van der Waals surface area (Å²) in [5.74, 6) is -1.39. The number of rotatable bonds is 9. The Morgan fingerprint density at radius 1 is 1.23 bits per heavy atom. The van der Waals surface area contributed by atoms with E-state index in [1.54, 1.807) is 0 Å². The van der Waals surface area contributed by atoms with Gasteiger partial charge < -0.3 is 15.2 Å². The van der Waals surface area contributed by atoms with Crippen LogP contribution in [0.3, 0.4) is 0 Å². The zero-order valence-corrected chi connectivity index (χ0v) is 13.4. The number of carbonyl (C=O) groups excluding carboxylic acids is 1. The van der Waals surface area contributed by atoms with E-state index in [1.807, 2.05) is 44.2 Å². The second kappa shape index (κ2) is 9.20. The van der Waals surface area contributed by atoms with Crippen LogP contribution in [0.25, 0.3) is 0 Å². The summed E-state index contributed by atoms with van der Waals surface area (Å²) in [6.07, 6.45) is 0.856. The SMILES string of the molecule is COCCC(NC(=O)C(Cc1ccccc1)C(C)C)C(=O)O. The van der Waals surface area contributed by atoms with Crippen molar-refractivity contribution in [3.63, 3.8) is 0 Å². The van der Waals surface area contributed by atoms with Crippen LogP contribution in [0.5, 0.6) is 0 Å². The lowest BCUT2D eigenvalue weighted by molar-refractivity contribution is -0.143. The van der Waals surface area contributed by atoms with Crippen molar-refractivity contribution in [2.75, 3.05) is 13.7 Å². The van der Waals surface area contributed by atoms with Gasteiger partial charge in [0, 0.05) is 26.1 Å². The van der Waals surface area contributed by atoms with Crippen molar-refractivity contribution in [3.8, 4) is 0 Å². The zero-order valence-electron chi connectivity index (χ0n) is 13.4. The maximum Gasteiger partial charge on any atom is 0.326 e. The van der Waals surface area contributed by atoms with Crippen molar-refractivity contribution in [2.24, 2.45) is 11.8 Å². The molecule has 1 amide bonds. The number of ether oxygens (including phenoxy) is 1. The van der Waals surface area contributed by atoms with E-state index in [1.165, 1.54) is 7.11 Å². The molecule has 2 atom stereocenters. The van der Waals surface area contributed by atoms with Gasteiger partial charge >= 0.3 is 5.97 Å². The summed E-state index contributed by atoms with van der Waals surface area (Å²) in [5, 5.41) is 11.8. The van der Waals surface area contributed by atoms with Crippen molar-refractivity contribution >= 4 is 11.9 Å². The zero-order chi connectivity index (χ0) is 16.5. The second-order valence-electron chi connectivity index (χ2n) is 5.72.